The van der Waals surface area contributed by atoms with Gasteiger partial charge in [0.2, 0.25) is 0 Å². The van der Waals surface area contributed by atoms with Crippen molar-refractivity contribution in [3.05, 3.63) is 54.0 Å². The minimum atomic E-state index is 0.742. The highest BCUT2D eigenvalue weighted by atomic mass is 14.9. The summed E-state index contributed by atoms with van der Waals surface area (Å²) in [6.07, 6.45) is 1.80. The summed E-state index contributed by atoms with van der Waals surface area (Å²) >= 11 is 0. The fourth-order valence-electron chi connectivity index (χ4n) is 2.25. The van der Waals surface area contributed by atoms with Gasteiger partial charge in [-0.05, 0) is 44.3 Å². The van der Waals surface area contributed by atoms with E-state index in [0.717, 1.165) is 40.2 Å². The van der Waals surface area contributed by atoms with Crippen LogP contribution in [0.2, 0.25) is 0 Å². The highest BCUT2D eigenvalue weighted by Crippen LogP contribution is 2.21. The predicted molar refractivity (Wildman–Crippen MR) is 80.3 cm³/mol. The highest BCUT2D eigenvalue weighted by molar-refractivity contribution is 5.83. The summed E-state index contributed by atoms with van der Waals surface area (Å²) in [4.78, 5) is 13.5. The lowest BCUT2D eigenvalue weighted by atomic mass is 10.1. The molecule has 0 aliphatic heterocycles. The summed E-state index contributed by atoms with van der Waals surface area (Å²) in [6, 6.07) is 12.1. The molecular weight excluding hydrogens is 248 g/mol. The first-order valence-corrected chi connectivity index (χ1v) is 6.60. The zero-order valence-corrected chi connectivity index (χ0v) is 11.6. The van der Waals surface area contributed by atoms with Crippen LogP contribution in [0.5, 0.6) is 0 Å². The summed E-state index contributed by atoms with van der Waals surface area (Å²) in [5.74, 6) is 0.765. The minimum Gasteiger partial charge on any atom is -0.314 e. The van der Waals surface area contributed by atoms with Crippen LogP contribution in [0.1, 0.15) is 11.4 Å². The Hall–Kier alpha value is -2.33. The van der Waals surface area contributed by atoms with Gasteiger partial charge in [0, 0.05) is 29.4 Å². The van der Waals surface area contributed by atoms with E-state index in [0.29, 0.717) is 0 Å². The zero-order chi connectivity index (χ0) is 13.9. The smallest absolute Gasteiger partial charge is 0.159 e. The van der Waals surface area contributed by atoms with Crippen molar-refractivity contribution in [2.75, 3.05) is 7.05 Å². The lowest BCUT2D eigenvalue weighted by Gasteiger charge is -2.06. The minimum absolute atomic E-state index is 0.742. The molecule has 3 rings (SSSR count). The first-order valence-electron chi connectivity index (χ1n) is 6.60. The van der Waals surface area contributed by atoms with Crippen LogP contribution >= 0.6 is 0 Å². The second kappa shape index (κ2) is 5.35. The van der Waals surface area contributed by atoms with Gasteiger partial charge in [-0.25, -0.2) is 9.97 Å². The Labute approximate surface area is 117 Å². The van der Waals surface area contributed by atoms with Gasteiger partial charge in [-0.3, -0.25) is 4.98 Å². The predicted octanol–water partition coefficient (Wildman–Crippen LogP) is 2.72. The molecule has 0 unspecified atom stereocenters. The van der Waals surface area contributed by atoms with E-state index in [1.807, 2.05) is 38.2 Å². The third kappa shape index (κ3) is 2.51. The fourth-order valence-corrected chi connectivity index (χ4v) is 2.25. The standard InChI is InChI=1S/C16H16N4/c1-11-8-14(10-17-2)20-16(19-11)13-5-6-15-12(9-13)4-3-7-18-15/h3-9,17H,10H2,1-2H3. The number of benzene rings is 1. The fraction of sp³-hybridized carbons (Fsp3) is 0.188. The van der Waals surface area contributed by atoms with Crippen LogP contribution in [-0.4, -0.2) is 22.0 Å². The maximum atomic E-state index is 4.61. The van der Waals surface area contributed by atoms with E-state index in [2.05, 4.69) is 32.4 Å². The molecule has 4 heteroatoms. The molecular formula is C16H16N4. The second-order valence-electron chi connectivity index (χ2n) is 4.77. The molecule has 1 N–H and O–H groups in total. The van der Waals surface area contributed by atoms with Gasteiger partial charge in [0.1, 0.15) is 0 Å². The van der Waals surface area contributed by atoms with Crippen LogP contribution in [0, 0.1) is 6.92 Å². The van der Waals surface area contributed by atoms with E-state index in [4.69, 9.17) is 0 Å². The first kappa shape index (κ1) is 12.7. The first-order chi connectivity index (χ1) is 9.76. The SMILES string of the molecule is CNCc1cc(C)nc(-c2ccc3ncccc3c2)n1. The van der Waals surface area contributed by atoms with E-state index in [-0.39, 0.29) is 0 Å². The summed E-state index contributed by atoms with van der Waals surface area (Å²) in [5.41, 5.74) is 3.98. The monoisotopic (exact) mass is 264 g/mol. The molecule has 100 valence electrons. The highest BCUT2D eigenvalue weighted by Gasteiger charge is 2.06. The van der Waals surface area contributed by atoms with Crippen LogP contribution in [0.25, 0.3) is 22.3 Å². The van der Waals surface area contributed by atoms with Crippen LogP contribution in [0.15, 0.2) is 42.6 Å². The molecule has 0 saturated carbocycles. The van der Waals surface area contributed by atoms with Gasteiger partial charge < -0.3 is 5.32 Å². The van der Waals surface area contributed by atoms with E-state index >= 15 is 0 Å². The van der Waals surface area contributed by atoms with Crippen molar-refractivity contribution in [2.24, 2.45) is 0 Å². The molecule has 1 aromatic carbocycles. The third-order valence-corrected chi connectivity index (χ3v) is 3.13. The van der Waals surface area contributed by atoms with Crippen molar-refractivity contribution >= 4 is 10.9 Å². The normalized spacial score (nSPS) is 10.9. The molecule has 0 aliphatic carbocycles. The Morgan fingerprint density at radius 1 is 1.10 bits per heavy atom. The van der Waals surface area contributed by atoms with Crippen molar-refractivity contribution in [2.45, 2.75) is 13.5 Å². The lowest BCUT2D eigenvalue weighted by Crippen LogP contribution is -2.08. The molecule has 20 heavy (non-hydrogen) atoms. The average molecular weight is 264 g/mol. The van der Waals surface area contributed by atoms with E-state index < -0.39 is 0 Å². The zero-order valence-electron chi connectivity index (χ0n) is 11.6. The second-order valence-corrected chi connectivity index (χ2v) is 4.77. The maximum Gasteiger partial charge on any atom is 0.159 e. The molecule has 0 fully saturated rings. The van der Waals surface area contributed by atoms with Crippen molar-refractivity contribution in [1.82, 2.24) is 20.3 Å². The number of hydrogen-bond acceptors (Lipinski definition) is 4. The number of nitrogens with one attached hydrogen (secondary N) is 1. The number of aryl methyl sites for hydroxylation is 1. The Kier molecular flexibility index (Phi) is 3.39. The number of fused-ring (bicyclic) bond motifs is 1. The third-order valence-electron chi connectivity index (χ3n) is 3.13. The molecule has 2 aromatic heterocycles. The quantitative estimate of drug-likeness (QED) is 0.790. The number of hydrogen-bond donors (Lipinski definition) is 1. The number of nitrogens with zero attached hydrogens (tertiary/aromatic N) is 3. The molecule has 0 atom stereocenters. The van der Waals surface area contributed by atoms with Crippen molar-refractivity contribution < 1.29 is 0 Å². The molecule has 0 saturated heterocycles. The topological polar surface area (TPSA) is 50.7 Å². The summed E-state index contributed by atoms with van der Waals surface area (Å²) < 4.78 is 0. The largest absolute Gasteiger partial charge is 0.314 e. The van der Waals surface area contributed by atoms with Crippen molar-refractivity contribution in [3.8, 4) is 11.4 Å². The molecule has 3 aromatic rings. The average Bonchev–Trinajstić information content (AvgIpc) is 2.46. The van der Waals surface area contributed by atoms with Gasteiger partial charge in [0.15, 0.2) is 5.82 Å². The van der Waals surface area contributed by atoms with Crippen LogP contribution < -0.4 is 5.32 Å². The summed E-state index contributed by atoms with van der Waals surface area (Å²) in [6.45, 7) is 2.73. The molecule has 0 spiro atoms. The summed E-state index contributed by atoms with van der Waals surface area (Å²) in [5, 5.41) is 4.22. The van der Waals surface area contributed by atoms with Crippen LogP contribution in [0.4, 0.5) is 0 Å². The molecule has 0 bridgehead atoms. The van der Waals surface area contributed by atoms with Gasteiger partial charge in [0.25, 0.3) is 0 Å². The van der Waals surface area contributed by atoms with Gasteiger partial charge >= 0.3 is 0 Å². The Balaban J connectivity index is 2.10. The number of aromatic nitrogens is 3. The van der Waals surface area contributed by atoms with Crippen molar-refractivity contribution in [1.29, 1.82) is 0 Å². The Morgan fingerprint density at radius 2 is 2.00 bits per heavy atom. The summed E-state index contributed by atoms with van der Waals surface area (Å²) in [7, 11) is 1.92. The van der Waals surface area contributed by atoms with Crippen molar-refractivity contribution in [3.63, 3.8) is 0 Å². The van der Waals surface area contributed by atoms with E-state index in [9.17, 15) is 0 Å². The van der Waals surface area contributed by atoms with Crippen LogP contribution in [-0.2, 0) is 6.54 Å². The molecule has 0 amide bonds. The van der Waals surface area contributed by atoms with Gasteiger partial charge in [-0.2, -0.15) is 0 Å². The van der Waals surface area contributed by atoms with Gasteiger partial charge in [-0.1, -0.05) is 6.07 Å². The van der Waals surface area contributed by atoms with Gasteiger partial charge in [0.05, 0.1) is 11.2 Å². The number of rotatable bonds is 3. The molecule has 0 radical (unpaired) electrons. The van der Waals surface area contributed by atoms with E-state index in [1.165, 1.54) is 0 Å². The molecule has 4 nitrogen and oxygen atoms in total. The van der Waals surface area contributed by atoms with Crippen LogP contribution in [0.3, 0.4) is 0 Å². The molecule has 0 aliphatic rings. The number of pyridine rings is 1. The lowest BCUT2D eigenvalue weighted by molar-refractivity contribution is 0.785. The maximum absolute atomic E-state index is 4.61. The van der Waals surface area contributed by atoms with E-state index in [1.54, 1.807) is 6.20 Å². The molecule has 2 heterocycles. The Morgan fingerprint density at radius 3 is 2.85 bits per heavy atom. The van der Waals surface area contributed by atoms with Gasteiger partial charge in [-0.15, -0.1) is 0 Å². The Bertz CT molecular complexity index is 752.